The Balaban J connectivity index is 1.78. The SMILES string of the molecule is COc1cccc(C(=O)N2CCc3ccccc3C2c2ccc(F)cc2)c1. The highest BCUT2D eigenvalue weighted by Gasteiger charge is 2.32. The number of carbonyl (C=O) groups is 1. The Morgan fingerprint density at radius 3 is 2.59 bits per heavy atom. The van der Waals surface area contributed by atoms with Crippen LogP contribution in [0.2, 0.25) is 0 Å². The van der Waals surface area contributed by atoms with Gasteiger partial charge in [0.05, 0.1) is 13.2 Å². The molecule has 1 amide bonds. The Morgan fingerprint density at radius 1 is 1.04 bits per heavy atom. The van der Waals surface area contributed by atoms with Gasteiger partial charge in [0.2, 0.25) is 0 Å². The average molecular weight is 361 g/mol. The number of benzene rings is 3. The summed E-state index contributed by atoms with van der Waals surface area (Å²) >= 11 is 0. The lowest BCUT2D eigenvalue weighted by Crippen LogP contribution is -2.40. The number of halogens is 1. The van der Waals surface area contributed by atoms with Crippen LogP contribution < -0.4 is 4.74 Å². The molecule has 0 fully saturated rings. The van der Waals surface area contributed by atoms with E-state index in [-0.39, 0.29) is 17.8 Å². The second-order valence-electron chi connectivity index (χ2n) is 6.63. The van der Waals surface area contributed by atoms with E-state index in [4.69, 9.17) is 4.74 Å². The smallest absolute Gasteiger partial charge is 0.254 e. The minimum absolute atomic E-state index is 0.0577. The van der Waals surface area contributed by atoms with Crippen molar-refractivity contribution in [2.45, 2.75) is 12.5 Å². The maximum Gasteiger partial charge on any atom is 0.254 e. The van der Waals surface area contributed by atoms with E-state index in [1.807, 2.05) is 35.2 Å². The average Bonchev–Trinajstić information content (AvgIpc) is 2.73. The summed E-state index contributed by atoms with van der Waals surface area (Å²) in [6, 6.07) is 21.5. The molecule has 4 heteroatoms. The third-order valence-electron chi connectivity index (χ3n) is 5.05. The normalized spacial score (nSPS) is 15.9. The molecule has 1 atom stereocenters. The van der Waals surface area contributed by atoms with Gasteiger partial charge < -0.3 is 9.64 Å². The Hall–Kier alpha value is -3.14. The van der Waals surface area contributed by atoms with E-state index in [0.29, 0.717) is 17.9 Å². The lowest BCUT2D eigenvalue weighted by atomic mass is 9.87. The molecule has 0 spiro atoms. The molecular formula is C23H20FNO2. The number of amides is 1. The fraction of sp³-hybridized carbons (Fsp3) is 0.174. The molecule has 27 heavy (non-hydrogen) atoms. The molecule has 0 bridgehead atoms. The standard InChI is InChI=1S/C23H20FNO2/c1-27-20-7-4-6-18(15-20)23(26)25-14-13-16-5-2-3-8-21(16)22(25)17-9-11-19(24)12-10-17/h2-12,15,22H,13-14H2,1H3. The van der Waals surface area contributed by atoms with Crippen molar-refractivity contribution in [2.24, 2.45) is 0 Å². The highest BCUT2D eigenvalue weighted by atomic mass is 19.1. The van der Waals surface area contributed by atoms with Crippen LogP contribution in [0.1, 0.15) is 33.1 Å². The van der Waals surface area contributed by atoms with Gasteiger partial charge in [-0.25, -0.2) is 4.39 Å². The maximum absolute atomic E-state index is 13.5. The van der Waals surface area contributed by atoms with Crippen LogP contribution >= 0.6 is 0 Å². The molecule has 0 N–H and O–H groups in total. The zero-order chi connectivity index (χ0) is 18.8. The zero-order valence-corrected chi connectivity index (χ0v) is 15.1. The maximum atomic E-state index is 13.5. The number of hydrogen-bond acceptors (Lipinski definition) is 2. The van der Waals surface area contributed by atoms with E-state index in [1.54, 1.807) is 31.4 Å². The topological polar surface area (TPSA) is 29.5 Å². The second kappa shape index (κ2) is 7.23. The molecule has 0 saturated carbocycles. The first kappa shape index (κ1) is 17.3. The predicted octanol–water partition coefficient (Wildman–Crippen LogP) is 4.62. The van der Waals surface area contributed by atoms with E-state index in [2.05, 4.69) is 6.07 Å². The van der Waals surface area contributed by atoms with E-state index in [0.717, 1.165) is 17.5 Å². The minimum atomic E-state index is -0.284. The number of hydrogen-bond donors (Lipinski definition) is 0. The third-order valence-corrected chi connectivity index (χ3v) is 5.05. The molecule has 0 radical (unpaired) electrons. The number of carbonyl (C=O) groups excluding carboxylic acids is 1. The summed E-state index contributed by atoms with van der Waals surface area (Å²) in [6.45, 7) is 0.606. The molecule has 1 heterocycles. The first-order chi connectivity index (χ1) is 13.2. The van der Waals surface area contributed by atoms with Crippen molar-refractivity contribution in [1.82, 2.24) is 4.90 Å². The lowest BCUT2D eigenvalue weighted by Gasteiger charge is -2.38. The molecule has 4 rings (SSSR count). The summed E-state index contributed by atoms with van der Waals surface area (Å²) < 4.78 is 18.7. The van der Waals surface area contributed by atoms with Crippen molar-refractivity contribution in [3.63, 3.8) is 0 Å². The Labute approximate surface area is 158 Å². The Bertz CT molecular complexity index is 968. The summed E-state index contributed by atoms with van der Waals surface area (Å²) in [5.41, 5.74) is 3.80. The fourth-order valence-corrected chi connectivity index (χ4v) is 3.71. The minimum Gasteiger partial charge on any atom is -0.497 e. The van der Waals surface area contributed by atoms with Crippen molar-refractivity contribution in [2.75, 3.05) is 13.7 Å². The first-order valence-corrected chi connectivity index (χ1v) is 8.95. The van der Waals surface area contributed by atoms with Gasteiger partial charge in [-0.1, -0.05) is 42.5 Å². The van der Waals surface area contributed by atoms with Gasteiger partial charge in [0.25, 0.3) is 5.91 Å². The molecule has 0 aliphatic carbocycles. The molecule has 3 aromatic rings. The summed E-state index contributed by atoms with van der Waals surface area (Å²) in [4.78, 5) is 15.2. The summed E-state index contributed by atoms with van der Waals surface area (Å²) in [5, 5.41) is 0. The highest BCUT2D eigenvalue weighted by molar-refractivity contribution is 5.95. The van der Waals surface area contributed by atoms with Crippen molar-refractivity contribution < 1.29 is 13.9 Å². The largest absolute Gasteiger partial charge is 0.497 e. The molecule has 0 saturated heterocycles. The van der Waals surface area contributed by atoms with E-state index >= 15 is 0 Å². The fourth-order valence-electron chi connectivity index (χ4n) is 3.71. The zero-order valence-electron chi connectivity index (χ0n) is 15.1. The summed E-state index contributed by atoms with van der Waals surface area (Å²) in [7, 11) is 1.59. The predicted molar refractivity (Wildman–Crippen MR) is 102 cm³/mol. The van der Waals surface area contributed by atoms with Gasteiger partial charge in [0, 0.05) is 12.1 Å². The van der Waals surface area contributed by atoms with Crippen LogP contribution in [0.15, 0.2) is 72.8 Å². The van der Waals surface area contributed by atoms with Crippen LogP contribution in [-0.4, -0.2) is 24.5 Å². The number of nitrogens with zero attached hydrogens (tertiary/aromatic N) is 1. The number of ether oxygens (including phenoxy) is 1. The Morgan fingerprint density at radius 2 is 1.81 bits per heavy atom. The van der Waals surface area contributed by atoms with Crippen LogP contribution in [0.5, 0.6) is 5.75 Å². The number of rotatable bonds is 3. The van der Waals surface area contributed by atoms with E-state index in [9.17, 15) is 9.18 Å². The van der Waals surface area contributed by atoms with Gasteiger partial charge in [-0.15, -0.1) is 0 Å². The molecule has 0 aromatic heterocycles. The molecule has 3 aromatic carbocycles. The highest BCUT2D eigenvalue weighted by Crippen LogP contribution is 2.36. The monoisotopic (exact) mass is 361 g/mol. The van der Waals surface area contributed by atoms with E-state index < -0.39 is 0 Å². The van der Waals surface area contributed by atoms with Gasteiger partial charge >= 0.3 is 0 Å². The first-order valence-electron chi connectivity index (χ1n) is 8.95. The lowest BCUT2D eigenvalue weighted by molar-refractivity contribution is 0.0694. The van der Waals surface area contributed by atoms with Gasteiger partial charge in [-0.2, -0.15) is 0 Å². The van der Waals surface area contributed by atoms with Crippen LogP contribution in [0.25, 0.3) is 0 Å². The quantitative estimate of drug-likeness (QED) is 0.681. The molecule has 1 unspecified atom stereocenters. The number of methoxy groups -OCH3 is 1. The van der Waals surface area contributed by atoms with Crippen LogP contribution in [0, 0.1) is 5.82 Å². The van der Waals surface area contributed by atoms with Crippen molar-refractivity contribution >= 4 is 5.91 Å². The summed E-state index contributed by atoms with van der Waals surface area (Å²) in [6.07, 6.45) is 0.795. The van der Waals surface area contributed by atoms with Crippen molar-refractivity contribution in [1.29, 1.82) is 0 Å². The molecule has 3 nitrogen and oxygen atoms in total. The van der Waals surface area contributed by atoms with Gasteiger partial charge in [0.1, 0.15) is 11.6 Å². The van der Waals surface area contributed by atoms with Crippen LogP contribution in [0.3, 0.4) is 0 Å². The molecule has 1 aliphatic rings. The van der Waals surface area contributed by atoms with Crippen molar-refractivity contribution in [3.8, 4) is 5.75 Å². The van der Waals surface area contributed by atoms with Crippen LogP contribution in [0.4, 0.5) is 4.39 Å². The van der Waals surface area contributed by atoms with Gasteiger partial charge in [-0.3, -0.25) is 4.79 Å². The van der Waals surface area contributed by atoms with Crippen molar-refractivity contribution in [3.05, 3.63) is 101 Å². The third kappa shape index (κ3) is 3.31. The Kier molecular flexibility index (Phi) is 4.63. The van der Waals surface area contributed by atoms with Gasteiger partial charge in [0.15, 0.2) is 0 Å². The molecular weight excluding hydrogens is 341 g/mol. The van der Waals surface area contributed by atoms with Gasteiger partial charge in [-0.05, 0) is 53.4 Å². The molecule has 136 valence electrons. The van der Waals surface area contributed by atoms with Crippen LogP contribution in [-0.2, 0) is 6.42 Å². The van der Waals surface area contributed by atoms with E-state index in [1.165, 1.54) is 17.7 Å². The second-order valence-corrected chi connectivity index (χ2v) is 6.63. The summed E-state index contributed by atoms with van der Waals surface area (Å²) in [5.74, 6) is 0.308. The molecule has 1 aliphatic heterocycles. The number of fused-ring (bicyclic) bond motifs is 1.